The molecule has 0 spiro atoms. The third kappa shape index (κ3) is 6.67. The van der Waals surface area contributed by atoms with Crippen molar-refractivity contribution in [3.8, 4) is 67.0 Å². The molecule has 274 valence electrons. The van der Waals surface area contributed by atoms with Crippen molar-refractivity contribution in [1.82, 2.24) is 0 Å². The molecule has 0 atom stereocenters. The van der Waals surface area contributed by atoms with Crippen molar-refractivity contribution in [2.75, 3.05) is 4.90 Å². The van der Waals surface area contributed by atoms with E-state index in [9.17, 15) is 0 Å². The lowest BCUT2D eigenvalue weighted by molar-refractivity contribution is 0.632. The van der Waals surface area contributed by atoms with Crippen LogP contribution in [0.4, 0.5) is 17.1 Å². The molecule has 0 radical (unpaired) electrons. The van der Waals surface area contributed by atoms with Gasteiger partial charge in [0.25, 0.3) is 0 Å². The highest BCUT2D eigenvalue weighted by Gasteiger charge is 2.20. The normalized spacial score (nSPS) is 11.1. The number of nitrogens with zero attached hydrogens (tertiary/aromatic N) is 1. The van der Waals surface area contributed by atoms with E-state index >= 15 is 0 Å². The Morgan fingerprint density at radius 3 is 1.38 bits per heavy atom. The van der Waals surface area contributed by atoms with Crippen LogP contribution in [0.25, 0.3) is 77.9 Å². The van der Waals surface area contributed by atoms with Gasteiger partial charge in [-0.15, -0.1) is 0 Å². The Balaban J connectivity index is 1.05. The monoisotopic (exact) mass is 741 g/mol. The summed E-state index contributed by atoms with van der Waals surface area (Å²) < 4.78 is 6.59. The second-order valence-electron chi connectivity index (χ2n) is 14.5. The average Bonchev–Trinajstić information content (AvgIpc) is 3.71. The van der Waals surface area contributed by atoms with E-state index in [1.54, 1.807) is 0 Å². The van der Waals surface area contributed by atoms with Gasteiger partial charge in [0.2, 0.25) is 0 Å². The lowest BCUT2D eigenvalue weighted by atomic mass is 9.94. The molecule has 0 saturated carbocycles. The van der Waals surface area contributed by atoms with Crippen molar-refractivity contribution >= 4 is 28.0 Å². The molecular weight excluding hydrogens is 703 g/mol. The predicted octanol–water partition coefficient (Wildman–Crippen LogP) is 15.9. The molecule has 0 bridgehead atoms. The molecule has 58 heavy (non-hydrogen) atoms. The van der Waals surface area contributed by atoms with Gasteiger partial charge in [-0.3, -0.25) is 0 Å². The molecule has 0 unspecified atom stereocenters. The van der Waals surface area contributed by atoms with Crippen molar-refractivity contribution in [1.29, 1.82) is 0 Å². The molecule has 10 aromatic rings. The molecule has 0 aliphatic rings. The second kappa shape index (κ2) is 15.5. The largest absolute Gasteiger partial charge is 0.455 e. The zero-order valence-electron chi connectivity index (χ0n) is 31.9. The summed E-state index contributed by atoms with van der Waals surface area (Å²) in [6, 6.07) is 84.0. The Labute approximate surface area is 339 Å². The molecule has 0 saturated heterocycles. The van der Waals surface area contributed by atoms with Crippen LogP contribution in [0, 0.1) is 0 Å². The minimum Gasteiger partial charge on any atom is -0.455 e. The van der Waals surface area contributed by atoms with Gasteiger partial charge < -0.3 is 9.32 Å². The number of fused-ring (bicyclic) bond motifs is 1. The number of anilines is 3. The van der Waals surface area contributed by atoms with E-state index in [-0.39, 0.29) is 0 Å². The standard InChI is InChI=1S/C56H39NO/c1-4-17-41(18-5-1)49-25-10-11-26-50(49)43-33-37-48(38-34-43)57(53-29-14-12-27-51(53)42-19-6-2-7-20-42)47-35-31-40(32-36-47)45-23-16-24-46(39-45)56-55(44-21-8-3-9-22-44)52-28-13-15-30-54(52)58-56/h1-39H. The van der Waals surface area contributed by atoms with Gasteiger partial charge >= 0.3 is 0 Å². The van der Waals surface area contributed by atoms with E-state index in [0.717, 1.165) is 61.6 Å². The molecular formula is C56H39NO. The van der Waals surface area contributed by atoms with Crippen LogP contribution in [0.1, 0.15) is 0 Å². The van der Waals surface area contributed by atoms with Crippen molar-refractivity contribution < 1.29 is 4.42 Å². The first kappa shape index (κ1) is 34.8. The minimum absolute atomic E-state index is 0.879. The van der Waals surface area contributed by atoms with Crippen molar-refractivity contribution in [3.63, 3.8) is 0 Å². The van der Waals surface area contributed by atoms with Gasteiger partial charge in [0.15, 0.2) is 0 Å². The molecule has 1 aromatic heterocycles. The zero-order chi connectivity index (χ0) is 38.7. The van der Waals surface area contributed by atoms with Crippen molar-refractivity contribution in [3.05, 3.63) is 237 Å². The van der Waals surface area contributed by atoms with E-state index < -0.39 is 0 Å². The second-order valence-corrected chi connectivity index (χ2v) is 14.5. The smallest absolute Gasteiger partial charge is 0.143 e. The molecule has 0 fully saturated rings. The first-order chi connectivity index (χ1) is 28.8. The Bertz CT molecular complexity index is 2970. The van der Waals surface area contributed by atoms with E-state index in [0.29, 0.717) is 0 Å². The summed E-state index contributed by atoms with van der Waals surface area (Å²) in [7, 11) is 0. The van der Waals surface area contributed by atoms with E-state index in [2.05, 4.69) is 229 Å². The van der Waals surface area contributed by atoms with Crippen LogP contribution < -0.4 is 4.90 Å². The van der Waals surface area contributed by atoms with Gasteiger partial charge in [0, 0.05) is 33.5 Å². The maximum atomic E-state index is 6.59. The van der Waals surface area contributed by atoms with Crippen molar-refractivity contribution in [2.45, 2.75) is 0 Å². The Kier molecular flexibility index (Phi) is 9.27. The SMILES string of the molecule is c1ccc(-c2ccccc2-c2ccc(N(c3ccc(-c4cccc(-c5oc6ccccc6c5-c5ccccc5)c4)cc3)c3ccccc3-c3ccccc3)cc2)cc1. The van der Waals surface area contributed by atoms with E-state index in [1.807, 2.05) is 12.1 Å². The number of para-hydroxylation sites is 2. The summed E-state index contributed by atoms with van der Waals surface area (Å²) in [6.07, 6.45) is 0. The number of furan rings is 1. The molecule has 1 heterocycles. The summed E-state index contributed by atoms with van der Waals surface area (Å²) in [5.41, 5.74) is 16.9. The summed E-state index contributed by atoms with van der Waals surface area (Å²) in [5, 5.41) is 1.11. The topological polar surface area (TPSA) is 16.4 Å². The fourth-order valence-electron chi connectivity index (χ4n) is 8.14. The lowest BCUT2D eigenvalue weighted by Gasteiger charge is -2.28. The summed E-state index contributed by atoms with van der Waals surface area (Å²) in [4.78, 5) is 2.37. The van der Waals surface area contributed by atoms with Crippen LogP contribution >= 0.6 is 0 Å². The highest BCUT2D eigenvalue weighted by Crippen LogP contribution is 2.44. The summed E-state index contributed by atoms with van der Waals surface area (Å²) >= 11 is 0. The van der Waals surface area contributed by atoms with Gasteiger partial charge in [0.1, 0.15) is 11.3 Å². The maximum absolute atomic E-state index is 6.59. The van der Waals surface area contributed by atoms with Crippen LogP contribution in [-0.4, -0.2) is 0 Å². The molecule has 9 aromatic carbocycles. The maximum Gasteiger partial charge on any atom is 0.143 e. The summed E-state index contributed by atoms with van der Waals surface area (Å²) in [6.45, 7) is 0. The first-order valence-electron chi connectivity index (χ1n) is 19.8. The first-order valence-corrected chi connectivity index (χ1v) is 19.8. The molecule has 2 heteroatoms. The fraction of sp³-hybridized carbons (Fsp3) is 0. The quantitative estimate of drug-likeness (QED) is 0.146. The summed E-state index contributed by atoms with van der Waals surface area (Å²) in [5.74, 6) is 0.879. The Morgan fingerprint density at radius 2 is 0.741 bits per heavy atom. The molecule has 0 amide bonds. The predicted molar refractivity (Wildman–Crippen MR) is 244 cm³/mol. The number of rotatable bonds is 9. The van der Waals surface area contributed by atoms with Crippen LogP contribution in [0.3, 0.4) is 0 Å². The van der Waals surface area contributed by atoms with Gasteiger partial charge in [0.05, 0.1) is 5.69 Å². The van der Waals surface area contributed by atoms with Crippen LogP contribution in [0.2, 0.25) is 0 Å². The number of hydrogen-bond acceptors (Lipinski definition) is 2. The lowest BCUT2D eigenvalue weighted by Crippen LogP contribution is -2.11. The van der Waals surface area contributed by atoms with Gasteiger partial charge in [-0.05, 0) is 87.0 Å². The third-order valence-corrected chi connectivity index (χ3v) is 10.9. The van der Waals surface area contributed by atoms with Crippen LogP contribution in [0.15, 0.2) is 241 Å². The molecule has 2 nitrogen and oxygen atoms in total. The minimum atomic E-state index is 0.879. The van der Waals surface area contributed by atoms with Crippen LogP contribution in [0.5, 0.6) is 0 Å². The van der Waals surface area contributed by atoms with Gasteiger partial charge in [-0.1, -0.05) is 194 Å². The van der Waals surface area contributed by atoms with E-state index in [4.69, 9.17) is 4.42 Å². The zero-order valence-corrected chi connectivity index (χ0v) is 31.9. The highest BCUT2D eigenvalue weighted by atomic mass is 16.3. The average molecular weight is 742 g/mol. The Hall–Kier alpha value is -7.68. The van der Waals surface area contributed by atoms with Crippen LogP contribution in [-0.2, 0) is 0 Å². The molecule has 0 aliphatic carbocycles. The van der Waals surface area contributed by atoms with Crippen molar-refractivity contribution in [2.24, 2.45) is 0 Å². The van der Waals surface area contributed by atoms with Gasteiger partial charge in [-0.2, -0.15) is 0 Å². The van der Waals surface area contributed by atoms with E-state index in [1.165, 1.54) is 33.4 Å². The van der Waals surface area contributed by atoms with Gasteiger partial charge in [-0.25, -0.2) is 0 Å². The Morgan fingerprint density at radius 1 is 0.293 bits per heavy atom. The number of hydrogen-bond donors (Lipinski definition) is 0. The fourth-order valence-corrected chi connectivity index (χ4v) is 8.14. The highest BCUT2D eigenvalue weighted by molar-refractivity contribution is 6.02. The molecule has 0 aliphatic heterocycles. The third-order valence-electron chi connectivity index (χ3n) is 10.9. The molecule has 10 rings (SSSR count). The molecule has 0 N–H and O–H groups in total. The number of benzene rings is 9.